The maximum Gasteiger partial charge on any atom is 0.168 e. The second-order valence-electron chi connectivity index (χ2n) is 3.78. The Hall–Kier alpha value is -2.36. The Balaban J connectivity index is 2.13. The Morgan fingerprint density at radius 2 is 1.82 bits per heavy atom. The summed E-state index contributed by atoms with van der Waals surface area (Å²) in [6.07, 6.45) is 1.97. The quantitative estimate of drug-likeness (QED) is 0.727. The number of rotatable bonds is 2. The van der Waals surface area contributed by atoms with E-state index in [1.165, 1.54) is 0 Å². The lowest BCUT2D eigenvalue weighted by atomic mass is 10.2. The molecule has 17 heavy (non-hydrogen) atoms. The molecule has 0 radical (unpaired) electrons. The van der Waals surface area contributed by atoms with Gasteiger partial charge < -0.3 is 5.32 Å². The van der Waals surface area contributed by atoms with Gasteiger partial charge in [0, 0.05) is 24.5 Å². The fourth-order valence-electron chi connectivity index (χ4n) is 1.82. The lowest BCUT2D eigenvalue weighted by Crippen LogP contribution is -1.90. The Morgan fingerprint density at radius 3 is 2.59 bits per heavy atom. The van der Waals surface area contributed by atoms with Crippen molar-refractivity contribution in [1.82, 2.24) is 14.6 Å². The molecule has 2 aromatic heterocycles. The lowest BCUT2D eigenvalue weighted by Gasteiger charge is -2.02. The highest BCUT2D eigenvalue weighted by Gasteiger charge is 2.06. The molecule has 0 amide bonds. The molecule has 0 saturated carbocycles. The summed E-state index contributed by atoms with van der Waals surface area (Å²) in [6, 6.07) is 14.0. The predicted octanol–water partition coefficient (Wildman–Crippen LogP) is 2.44. The molecule has 0 aliphatic heterocycles. The largest absolute Gasteiger partial charge is 0.388 e. The maximum absolute atomic E-state index is 4.21. The predicted molar refractivity (Wildman–Crippen MR) is 68.0 cm³/mol. The van der Waals surface area contributed by atoms with Gasteiger partial charge in [-0.3, -0.25) is 4.40 Å². The number of hydrogen-bond acceptors (Lipinski definition) is 3. The molecule has 0 aliphatic carbocycles. The van der Waals surface area contributed by atoms with Crippen molar-refractivity contribution in [2.75, 3.05) is 12.4 Å². The first-order valence-electron chi connectivity index (χ1n) is 5.46. The van der Waals surface area contributed by atoms with Crippen molar-refractivity contribution in [2.45, 2.75) is 0 Å². The molecule has 0 unspecified atom stereocenters. The molecule has 0 fully saturated rings. The summed E-state index contributed by atoms with van der Waals surface area (Å²) in [4.78, 5) is 0. The number of hydrogen-bond donors (Lipinski definition) is 1. The number of aromatic nitrogens is 3. The van der Waals surface area contributed by atoms with Crippen LogP contribution in [0.2, 0.25) is 0 Å². The van der Waals surface area contributed by atoms with Crippen LogP contribution < -0.4 is 5.32 Å². The Morgan fingerprint density at radius 1 is 1.00 bits per heavy atom. The van der Waals surface area contributed by atoms with Crippen LogP contribution in [0, 0.1) is 0 Å². The van der Waals surface area contributed by atoms with E-state index < -0.39 is 0 Å². The highest BCUT2D eigenvalue weighted by atomic mass is 15.2. The monoisotopic (exact) mass is 224 g/mol. The molecule has 0 saturated heterocycles. The lowest BCUT2D eigenvalue weighted by molar-refractivity contribution is 1.11. The minimum atomic E-state index is 0.861. The second-order valence-corrected chi connectivity index (χ2v) is 3.78. The third-order valence-corrected chi connectivity index (χ3v) is 2.75. The van der Waals surface area contributed by atoms with Crippen molar-refractivity contribution in [3.8, 4) is 11.4 Å². The number of nitrogens with zero attached hydrogens (tertiary/aromatic N) is 3. The minimum Gasteiger partial charge on any atom is -0.388 e. The third-order valence-electron chi connectivity index (χ3n) is 2.75. The standard InChI is InChI=1S/C13H12N4/c1-14-11-7-5-10(6-8-11)13-16-15-12-4-2-3-9-17(12)13/h2-9,14H,1H3. The summed E-state index contributed by atoms with van der Waals surface area (Å²) in [5, 5.41) is 11.4. The number of pyridine rings is 1. The molecule has 4 heteroatoms. The van der Waals surface area contributed by atoms with Crippen molar-refractivity contribution in [1.29, 1.82) is 0 Å². The normalized spacial score (nSPS) is 10.6. The van der Waals surface area contributed by atoms with E-state index in [1.54, 1.807) is 0 Å². The first kappa shape index (κ1) is 9.84. The van der Waals surface area contributed by atoms with Gasteiger partial charge in [-0.15, -0.1) is 10.2 Å². The fraction of sp³-hybridized carbons (Fsp3) is 0.0769. The van der Waals surface area contributed by atoms with Gasteiger partial charge in [0.15, 0.2) is 11.5 Å². The van der Waals surface area contributed by atoms with Gasteiger partial charge in [-0.2, -0.15) is 0 Å². The Kier molecular flexibility index (Phi) is 2.26. The zero-order chi connectivity index (χ0) is 11.7. The zero-order valence-corrected chi connectivity index (χ0v) is 9.46. The van der Waals surface area contributed by atoms with Crippen molar-refractivity contribution < 1.29 is 0 Å². The van der Waals surface area contributed by atoms with Gasteiger partial charge >= 0.3 is 0 Å². The Bertz CT molecular complexity index is 640. The van der Waals surface area contributed by atoms with Crippen LogP contribution in [0.5, 0.6) is 0 Å². The van der Waals surface area contributed by atoms with Crippen LogP contribution in [0.25, 0.3) is 17.0 Å². The molecule has 0 bridgehead atoms. The minimum absolute atomic E-state index is 0.861. The summed E-state index contributed by atoms with van der Waals surface area (Å²) in [5.41, 5.74) is 3.01. The smallest absolute Gasteiger partial charge is 0.168 e. The average molecular weight is 224 g/mol. The molecule has 4 nitrogen and oxygen atoms in total. The maximum atomic E-state index is 4.21. The zero-order valence-electron chi connectivity index (χ0n) is 9.46. The topological polar surface area (TPSA) is 42.2 Å². The summed E-state index contributed by atoms with van der Waals surface area (Å²) in [5.74, 6) is 0.864. The highest BCUT2D eigenvalue weighted by Crippen LogP contribution is 2.20. The van der Waals surface area contributed by atoms with Crippen LogP contribution in [-0.2, 0) is 0 Å². The van der Waals surface area contributed by atoms with E-state index in [0.29, 0.717) is 0 Å². The van der Waals surface area contributed by atoms with E-state index in [9.17, 15) is 0 Å². The van der Waals surface area contributed by atoms with Gasteiger partial charge in [0.05, 0.1) is 0 Å². The molecule has 2 heterocycles. The number of nitrogens with one attached hydrogen (secondary N) is 1. The number of fused-ring (bicyclic) bond motifs is 1. The van der Waals surface area contributed by atoms with Gasteiger partial charge in [-0.1, -0.05) is 6.07 Å². The van der Waals surface area contributed by atoms with Crippen LogP contribution in [0.4, 0.5) is 5.69 Å². The first-order valence-corrected chi connectivity index (χ1v) is 5.46. The first-order chi connectivity index (χ1) is 8.38. The molecular weight excluding hydrogens is 212 g/mol. The van der Waals surface area contributed by atoms with Crippen molar-refractivity contribution in [3.05, 3.63) is 48.7 Å². The van der Waals surface area contributed by atoms with E-state index in [2.05, 4.69) is 15.5 Å². The van der Waals surface area contributed by atoms with Gasteiger partial charge in [-0.05, 0) is 36.4 Å². The molecule has 3 aromatic rings. The van der Waals surface area contributed by atoms with Crippen molar-refractivity contribution in [3.63, 3.8) is 0 Å². The van der Waals surface area contributed by atoms with E-state index in [-0.39, 0.29) is 0 Å². The third kappa shape index (κ3) is 1.63. The number of anilines is 1. The molecular formula is C13H12N4. The summed E-state index contributed by atoms with van der Waals surface area (Å²) < 4.78 is 1.98. The van der Waals surface area contributed by atoms with E-state index >= 15 is 0 Å². The molecule has 0 atom stereocenters. The highest BCUT2D eigenvalue weighted by molar-refractivity contribution is 5.62. The van der Waals surface area contributed by atoms with Crippen molar-refractivity contribution >= 4 is 11.3 Å². The SMILES string of the molecule is CNc1ccc(-c2nnc3ccccn23)cc1. The van der Waals surface area contributed by atoms with E-state index in [4.69, 9.17) is 0 Å². The average Bonchev–Trinajstić information content (AvgIpc) is 2.83. The van der Waals surface area contributed by atoms with Crippen LogP contribution in [0.1, 0.15) is 0 Å². The van der Waals surface area contributed by atoms with E-state index in [1.807, 2.05) is 60.1 Å². The van der Waals surface area contributed by atoms with Crippen LogP contribution >= 0.6 is 0 Å². The molecule has 1 N–H and O–H groups in total. The van der Waals surface area contributed by atoms with Crippen LogP contribution in [-0.4, -0.2) is 21.6 Å². The van der Waals surface area contributed by atoms with E-state index in [0.717, 1.165) is 22.7 Å². The molecule has 84 valence electrons. The van der Waals surface area contributed by atoms with Crippen LogP contribution in [0.15, 0.2) is 48.7 Å². The van der Waals surface area contributed by atoms with Crippen molar-refractivity contribution in [2.24, 2.45) is 0 Å². The molecule has 0 aliphatic rings. The summed E-state index contributed by atoms with van der Waals surface area (Å²) >= 11 is 0. The van der Waals surface area contributed by atoms with Gasteiger partial charge in [0.1, 0.15) is 0 Å². The molecule has 1 aromatic carbocycles. The fourth-order valence-corrected chi connectivity index (χ4v) is 1.82. The van der Waals surface area contributed by atoms with Gasteiger partial charge in [0.2, 0.25) is 0 Å². The molecule has 3 rings (SSSR count). The van der Waals surface area contributed by atoms with Crippen LogP contribution in [0.3, 0.4) is 0 Å². The van der Waals surface area contributed by atoms with Gasteiger partial charge in [0.25, 0.3) is 0 Å². The molecule has 0 spiro atoms. The Labute approximate surface area is 98.9 Å². The number of benzene rings is 1. The van der Waals surface area contributed by atoms with Gasteiger partial charge in [-0.25, -0.2) is 0 Å². The summed E-state index contributed by atoms with van der Waals surface area (Å²) in [6.45, 7) is 0. The second kappa shape index (κ2) is 3.90. The summed E-state index contributed by atoms with van der Waals surface area (Å²) in [7, 11) is 1.90.